The fraction of sp³-hybridized carbons (Fsp3) is 0.100. The Hall–Kier alpha value is -1.95. The van der Waals surface area contributed by atoms with Gasteiger partial charge in [0, 0.05) is 17.3 Å². The monoisotopic (exact) mass is 235 g/mol. The van der Waals surface area contributed by atoms with Gasteiger partial charge in [0.1, 0.15) is 5.75 Å². The van der Waals surface area contributed by atoms with Crippen LogP contribution in [0.15, 0.2) is 30.2 Å². The maximum absolute atomic E-state index is 11.6. The molecule has 0 atom stereocenters. The lowest BCUT2D eigenvalue weighted by molar-refractivity contribution is 0.0950. The highest BCUT2D eigenvalue weighted by Crippen LogP contribution is 2.09. The highest BCUT2D eigenvalue weighted by atomic mass is 32.1. The predicted octanol–water partition coefficient (Wildman–Crippen LogP) is 1.17. The molecule has 5 nitrogen and oxygen atoms in total. The van der Waals surface area contributed by atoms with E-state index in [4.69, 9.17) is 5.11 Å². The zero-order valence-electron chi connectivity index (χ0n) is 8.25. The Bertz CT molecular complexity index is 485. The van der Waals surface area contributed by atoms with Crippen LogP contribution in [0.2, 0.25) is 0 Å². The van der Waals surface area contributed by atoms with Gasteiger partial charge in [0.05, 0.1) is 23.8 Å². The van der Waals surface area contributed by atoms with E-state index in [0.717, 1.165) is 4.88 Å². The third kappa shape index (κ3) is 2.54. The minimum absolute atomic E-state index is 0.0227. The highest BCUT2D eigenvalue weighted by molar-refractivity contribution is 7.09. The van der Waals surface area contributed by atoms with Gasteiger partial charge in [-0.25, -0.2) is 0 Å². The SMILES string of the molecule is O=C(NCc1cncs1)c1cncc(O)c1. The number of hydrogen-bond acceptors (Lipinski definition) is 5. The summed E-state index contributed by atoms with van der Waals surface area (Å²) in [6.07, 6.45) is 4.38. The van der Waals surface area contributed by atoms with Crippen LogP contribution in [0.25, 0.3) is 0 Å². The number of nitrogens with one attached hydrogen (secondary N) is 1. The van der Waals surface area contributed by atoms with Crippen LogP contribution in [-0.2, 0) is 6.54 Å². The van der Waals surface area contributed by atoms with Gasteiger partial charge in [0.2, 0.25) is 0 Å². The van der Waals surface area contributed by atoms with Crippen LogP contribution in [0.1, 0.15) is 15.2 Å². The minimum Gasteiger partial charge on any atom is -0.506 e. The molecule has 0 spiro atoms. The highest BCUT2D eigenvalue weighted by Gasteiger charge is 2.06. The maximum atomic E-state index is 11.6. The standard InChI is InChI=1S/C10H9N3O2S/c14-8-1-7(2-11-3-8)10(15)13-5-9-4-12-6-16-9/h1-4,6,14H,5H2,(H,13,15). The van der Waals surface area contributed by atoms with E-state index >= 15 is 0 Å². The van der Waals surface area contributed by atoms with Gasteiger partial charge in [0.15, 0.2) is 0 Å². The zero-order chi connectivity index (χ0) is 11.4. The average molecular weight is 235 g/mol. The molecular weight excluding hydrogens is 226 g/mol. The fourth-order valence-electron chi connectivity index (χ4n) is 1.15. The lowest BCUT2D eigenvalue weighted by Gasteiger charge is -2.02. The van der Waals surface area contributed by atoms with Crippen LogP contribution in [-0.4, -0.2) is 21.0 Å². The normalized spacial score (nSPS) is 10.0. The van der Waals surface area contributed by atoms with E-state index in [9.17, 15) is 4.79 Å². The lowest BCUT2D eigenvalue weighted by Crippen LogP contribution is -2.22. The summed E-state index contributed by atoms with van der Waals surface area (Å²) in [7, 11) is 0. The maximum Gasteiger partial charge on any atom is 0.253 e. The van der Waals surface area contributed by atoms with Gasteiger partial charge in [-0.05, 0) is 6.07 Å². The van der Waals surface area contributed by atoms with E-state index in [-0.39, 0.29) is 11.7 Å². The molecule has 0 aromatic carbocycles. The Morgan fingerprint density at radius 3 is 2.94 bits per heavy atom. The van der Waals surface area contributed by atoms with Gasteiger partial charge in [-0.15, -0.1) is 11.3 Å². The van der Waals surface area contributed by atoms with Gasteiger partial charge in [-0.3, -0.25) is 14.8 Å². The van der Waals surface area contributed by atoms with Crippen molar-refractivity contribution in [2.45, 2.75) is 6.54 Å². The molecule has 0 aliphatic heterocycles. The van der Waals surface area contributed by atoms with Crippen LogP contribution in [0, 0.1) is 0 Å². The minimum atomic E-state index is -0.267. The molecule has 0 saturated carbocycles. The molecule has 0 unspecified atom stereocenters. The topological polar surface area (TPSA) is 75.1 Å². The number of amides is 1. The third-order valence-electron chi connectivity index (χ3n) is 1.89. The molecule has 2 N–H and O–H groups in total. The van der Waals surface area contributed by atoms with Crippen molar-refractivity contribution >= 4 is 17.2 Å². The van der Waals surface area contributed by atoms with Crippen molar-refractivity contribution in [1.29, 1.82) is 0 Å². The molecule has 0 aliphatic rings. The Labute approximate surface area is 95.8 Å². The summed E-state index contributed by atoms with van der Waals surface area (Å²) in [4.78, 5) is 20.2. The first-order valence-corrected chi connectivity index (χ1v) is 5.43. The molecule has 2 heterocycles. The molecule has 6 heteroatoms. The number of carbonyl (C=O) groups is 1. The molecule has 0 bridgehead atoms. The molecule has 0 aliphatic carbocycles. The second-order valence-electron chi connectivity index (χ2n) is 3.08. The lowest BCUT2D eigenvalue weighted by atomic mass is 10.2. The van der Waals surface area contributed by atoms with Gasteiger partial charge in [0.25, 0.3) is 5.91 Å². The summed E-state index contributed by atoms with van der Waals surface area (Å²) in [6, 6.07) is 1.37. The van der Waals surface area contributed by atoms with Crippen LogP contribution in [0.5, 0.6) is 5.75 Å². The van der Waals surface area contributed by atoms with E-state index < -0.39 is 0 Å². The molecule has 0 fully saturated rings. The summed E-state index contributed by atoms with van der Waals surface area (Å²) in [5.74, 6) is -0.290. The van der Waals surface area contributed by atoms with Crippen molar-refractivity contribution in [1.82, 2.24) is 15.3 Å². The number of hydrogen-bond donors (Lipinski definition) is 2. The quantitative estimate of drug-likeness (QED) is 0.837. The molecule has 0 saturated heterocycles. The number of rotatable bonds is 3. The Morgan fingerprint density at radius 1 is 1.38 bits per heavy atom. The summed E-state index contributed by atoms with van der Waals surface area (Å²) < 4.78 is 0. The average Bonchev–Trinajstić information content (AvgIpc) is 2.78. The number of aromatic hydroxyl groups is 1. The number of thiazole rings is 1. The zero-order valence-corrected chi connectivity index (χ0v) is 9.07. The van der Waals surface area contributed by atoms with Crippen LogP contribution < -0.4 is 5.32 Å². The van der Waals surface area contributed by atoms with Crippen molar-refractivity contribution in [2.24, 2.45) is 0 Å². The number of nitrogens with zero attached hydrogens (tertiary/aromatic N) is 2. The van der Waals surface area contributed by atoms with Crippen molar-refractivity contribution < 1.29 is 9.90 Å². The summed E-state index contributed by atoms with van der Waals surface area (Å²) in [5, 5.41) is 11.9. The van der Waals surface area contributed by atoms with Crippen molar-refractivity contribution in [3.63, 3.8) is 0 Å². The van der Waals surface area contributed by atoms with Gasteiger partial charge >= 0.3 is 0 Å². The smallest absolute Gasteiger partial charge is 0.253 e. The van der Waals surface area contributed by atoms with E-state index in [1.54, 1.807) is 11.7 Å². The molecule has 1 amide bonds. The van der Waals surface area contributed by atoms with E-state index in [2.05, 4.69) is 15.3 Å². The third-order valence-corrected chi connectivity index (χ3v) is 2.67. The summed E-state index contributed by atoms with van der Waals surface area (Å²) >= 11 is 1.47. The molecule has 2 aromatic rings. The Balaban J connectivity index is 1.98. The molecule has 2 rings (SSSR count). The molecule has 82 valence electrons. The van der Waals surface area contributed by atoms with Crippen LogP contribution in [0.4, 0.5) is 0 Å². The van der Waals surface area contributed by atoms with Crippen LogP contribution >= 0.6 is 11.3 Å². The first-order chi connectivity index (χ1) is 7.75. The van der Waals surface area contributed by atoms with Crippen molar-refractivity contribution in [2.75, 3.05) is 0 Å². The molecule has 2 aromatic heterocycles. The molecule has 0 radical (unpaired) electrons. The Morgan fingerprint density at radius 2 is 2.25 bits per heavy atom. The second-order valence-corrected chi connectivity index (χ2v) is 4.05. The Kier molecular flexibility index (Phi) is 3.11. The van der Waals surface area contributed by atoms with Crippen molar-refractivity contribution in [3.05, 3.63) is 40.6 Å². The first kappa shape index (κ1) is 10.6. The molecular formula is C10H9N3O2S. The number of pyridine rings is 1. The van der Waals surface area contributed by atoms with Gasteiger partial charge in [-0.2, -0.15) is 0 Å². The number of carbonyl (C=O) groups excluding carboxylic acids is 1. The molecule has 16 heavy (non-hydrogen) atoms. The van der Waals surface area contributed by atoms with Crippen LogP contribution in [0.3, 0.4) is 0 Å². The van der Waals surface area contributed by atoms with Crippen molar-refractivity contribution in [3.8, 4) is 5.75 Å². The van der Waals surface area contributed by atoms with Gasteiger partial charge < -0.3 is 10.4 Å². The second kappa shape index (κ2) is 4.71. The first-order valence-electron chi connectivity index (χ1n) is 4.55. The van der Waals surface area contributed by atoms with E-state index in [1.165, 1.54) is 29.8 Å². The predicted molar refractivity (Wildman–Crippen MR) is 59.2 cm³/mol. The summed E-state index contributed by atoms with van der Waals surface area (Å²) in [6.45, 7) is 0.430. The van der Waals surface area contributed by atoms with Gasteiger partial charge in [-0.1, -0.05) is 0 Å². The van der Waals surface area contributed by atoms with E-state index in [1.807, 2.05) is 0 Å². The largest absolute Gasteiger partial charge is 0.506 e. The fourth-order valence-corrected chi connectivity index (χ4v) is 1.69. The summed E-state index contributed by atoms with van der Waals surface area (Å²) in [5.41, 5.74) is 2.04. The van der Waals surface area contributed by atoms with E-state index in [0.29, 0.717) is 12.1 Å². The number of aromatic nitrogens is 2.